The highest BCUT2D eigenvalue weighted by Crippen LogP contribution is 2.31. The van der Waals surface area contributed by atoms with Crippen LogP contribution in [0.25, 0.3) is 0 Å². The number of nitrogens with one attached hydrogen (secondary N) is 1. The molecular formula is C15H19ClN2O3. The molecule has 2 amide bonds. The first-order chi connectivity index (χ1) is 9.88. The highest BCUT2D eigenvalue weighted by Gasteiger charge is 2.28. The second-order valence-electron chi connectivity index (χ2n) is 5.62. The first-order valence-electron chi connectivity index (χ1n) is 6.99. The molecule has 0 saturated heterocycles. The first-order valence-corrected chi connectivity index (χ1v) is 7.36. The Morgan fingerprint density at radius 3 is 2.57 bits per heavy atom. The van der Waals surface area contributed by atoms with Gasteiger partial charge < -0.3 is 15.3 Å². The Morgan fingerprint density at radius 2 is 2.10 bits per heavy atom. The first kappa shape index (κ1) is 15.6. The number of rotatable bonds is 5. The van der Waals surface area contributed by atoms with Crippen molar-refractivity contribution in [2.75, 3.05) is 11.9 Å². The molecule has 6 heteroatoms. The highest BCUT2D eigenvalue weighted by atomic mass is 35.5. The number of anilines is 1. The molecule has 0 aliphatic heterocycles. The lowest BCUT2D eigenvalue weighted by molar-refractivity contribution is 0.0697. The normalized spacial score (nSPS) is 14.1. The van der Waals surface area contributed by atoms with Crippen LogP contribution < -0.4 is 5.32 Å². The van der Waals surface area contributed by atoms with E-state index in [0.29, 0.717) is 11.6 Å². The van der Waals surface area contributed by atoms with Crippen LogP contribution in [-0.4, -0.2) is 34.6 Å². The van der Waals surface area contributed by atoms with Crippen LogP contribution in [0.5, 0.6) is 0 Å². The molecule has 0 unspecified atom stereocenters. The number of hydrogen-bond donors (Lipinski definition) is 2. The van der Waals surface area contributed by atoms with E-state index in [0.717, 1.165) is 6.54 Å². The van der Waals surface area contributed by atoms with Gasteiger partial charge >= 0.3 is 12.0 Å². The van der Waals surface area contributed by atoms with Crippen molar-refractivity contribution in [3.63, 3.8) is 0 Å². The van der Waals surface area contributed by atoms with E-state index < -0.39 is 5.97 Å². The number of carboxylic acid groups (broad SMARTS) is 1. The van der Waals surface area contributed by atoms with Gasteiger partial charge in [0.25, 0.3) is 0 Å². The van der Waals surface area contributed by atoms with E-state index in [-0.39, 0.29) is 22.7 Å². The Labute approximate surface area is 128 Å². The topological polar surface area (TPSA) is 69.6 Å². The van der Waals surface area contributed by atoms with Crippen molar-refractivity contribution in [2.45, 2.75) is 32.7 Å². The molecule has 1 aromatic carbocycles. The third-order valence-corrected chi connectivity index (χ3v) is 3.81. The maximum atomic E-state index is 12.3. The fourth-order valence-electron chi connectivity index (χ4n) is 2.04. The number of aromatic carboxylic acids is 1. The highest BCUT2D eigenvalue weighted by molar-refractivity contribution is 6.34. The fraction of sp³-hybridized carbons (Fsp3) is 0.467. The van der Waals surface area contributed by atoms with Gasteiger partial charge in [0, 0.05) is 12.6 Å². The largest absolute Gasteiger partial charge is 0.478 e. The van der Waals surface area contributed by atoms with Gasteiger partial charge in [-0.2, -0.15) is 0 Å². The van der Waals surface area contributed by atoms with E-state index in [1.165, 1.54) is 31.0 Å². The molecular weight excluding hydrogens is 292 g/mol. The fourth-order valence-corrected chi connectivity index (χ4v) is 2.27. The minimum absolute atomic E-state index is 0.0942. The molecule has 0 heterocycles. The summed E-state index contributed by atoms with van der Waals surface area (Å²) in [6.45, 7) is 4.68. The van der Waals surface area contributed by atoms with Gasteiger partial charge in [-0.05, 0) is 50.8 Å². The standard InChI is InChI=1S/C15H19ClN2O3/c1-9(2)18(8-10-3-4-10)15(21)17-13-6-5-11(14(19)20)7-12(13)16/h5-7,9-10H,3-4,8H2,1-2H3,(H,17,21)(H,19,20). The molecule has 0 atom stereocenters. The zero-order chi connectivity index (χ0) is 15.6. The average molecular weight is 311 g/mol. The smallest absolute Gasteiger partial charge is 0.335 e. The third-order valence-electron chi connectivity index (χ3n) is 3.49. The molecule has 2 rings (SSSR count). The Kier molecular flexibility index (Phi) is 4.73. The van der Waals surface area contributed by atoms with Gasteiger partial charge in [-0.3, -0.25) is 0 Å². The number of benzene rings is 1. The van der Waals surface area contributed by atoms with Crippen LogP contribution >= 0.6 is 11.6 Å². The summed E-state index contributed by atoms with van der Waals surface area (Å²) in [5.74, 6) is -0.449. The molecule has 0 spiro atoms. The van der Waals surface area contributed by atoms with Gasteiger partial charge in [-0.15, -0.1) is 0 Å². The molecule has 1 aliphatic carbocycles. The Hall–Kier alpha value is -1.75. The Morgan fingerprint density at radius 1 is 1.43 bits per heavy atom. The Bertz CT molecular complexity index is 556. The van der Waals surface area contributed by atoms with Gasteiger partial charge in [0.1, 0.15) is 0 Å². The minimum atomic E-state index is -1.05. The van der Waals surface area contributed by atoms with Gasteiger partial charge in [-0.1, -0.05) is 11.6 Å². The molecule has 2 N–H and O–H groups in total. The Balaban J connectivity index is 2.08. The van der Waals surface area contributed by atoms with E-state index in [1.54, 1.807) is 4.90 Å². The number of carbonyl (C=O) groups excluding carboxylic acids is 1. The van der Waals surface area contributed by atoms with Crippen LogP contribution in [0.4, 0.5) is 10.5 Å². The predicted octanol–water partition coefficient (Wildman–Crippen LogP) is 3.69. The number of nitrogens with zero attached hydrogens (tertiary/aromatic N) is 1. The molecule has 114 valence electrons. The zero-order valence-corrected chi connectivity index (χ0v) is 12.9. The second kappa shape index (κ2) is 6.35. The molecule has 5 nitrogen and oxygen atoms in total. The summed E-state index contributed by atoms with van der Waals surface area (Å²) in [7, 11) is 0. The number of halogens is 1. The number of amides is 2. The predicted molar refractivity (Wildman–Crippen MR) is 82.0 cm³/mol. The van der Waals surface area contributed by atoms with Crippen molar-refractivity contribution in [1.82, 2.24) is 4.90 Å². The number of carboxylic acids is 1. The third kappa shape index (κ3) is 4.11. The van der Waals surface area contributed by atoms with Crippen molar-refractivity contribution >= 4 is 29.3 Å². The molecule has 1 fully saturated rings. The molecule has 21 heavy (non-hydrogen) atoms. The van der Waals surface area contributed by atoms with Crippen molar-refractivity contribution in [1.29, 1.82) is 0 Å². The van der Waals surface area contributed by atoms with Crippen LogP contribution in [-0.2, 0) is 0 Å². The summed E-state index contributed by atoms with van der Waals surface area (Å²) in [4.78, 5) is 25.0. The summed E-state index contributed by atoms with van der Waals surface area (Å²) < 4.78 is 0. The van der Waals surface area contributed by atoms with Crippen LogP contribution in [0.1, 0.15) is 37.0 Å². The quantitative estimate of drug-likeness (QED) is 0.871. The lowest BCUT2D eigenvalue weighted by Gasteiger charge is -2.27. The monoisotopic (exact) mass is 310 g/mol. The summed E-state index contributed by atoms with van der Waals surface area (Å²) in [5.41, 5.74) is 0.518. The van der Waals surface area contributed by atoms with E-state index in [9.17, 15) is 9.59 Å². The number of urea groups is 1. The molecule has 1 aliphatic rings. The van der Waals surface area contributed by atoms with Gasteiger partial charge in [0.2, 0.25) is 0 Å². The van der Waals surface area contributed by atoms with Crippen LogP contribution in [0.2, 0.25) is 5.02 Å². The summed E-state index contributed by atoms with van der Waals surface area (Å²) in [6.07, 6.45) is 2.34. The van der Waals surface area contributed by atoms with Crippen molar-refractivity contribution in [3.05, 3.63) is 28.8 Å². The lowest BCUT2D eigenvalue weighted by atomic mass is 10.2. The minimum Gasteiger partial charge on any atom is -0.478 e. The molecule has 0 aromatic heterocycles. The van der Waals surface area contributed by atoms with E-state index in [4.69, 9.17) is 16.7 Å². The van der Waals surface area contributed by atoms with Crippen molar-refractivity contribution in [2.24, 2.45) is 5.92 Å². The molecule has 1 saturated carbocycles. The number of hydrogen-bond acceptors (Lipinski definition) is 2. The molecule has 0 bridgehead atoms. The molecule has 1 aromatic rings. The van der Waals surface area contributed by atoms with E-state index >= 15 is 0 Å². The summed E-state index contributed by atoms with van der Waals surface area (Å²) in [5, 5.41) is 11.9. The zero-order valence-electron chi connectivity index (χ0n) is 12.1. The summed E-state index contributed by atoms with van der Waals surface area (Å²) >= 11 is 6.02. The van der Waals surface area contributed by atoms with Crippen LogP contribution in [0.15, 0.2) is 18.2 Å². The maximum Gasteiger partial charge on any atom is 0.335 e. The van der Waals surface area contributed by atoms with Gasteiger partial charge in [0.05, 0.1) is 16.3 Å². The van der Waals surface area contributed by atoms with E-state index in [2.05, 4.69) is 5.32 Å². The van der Waals surface area contributed by atoms with Crippen LogP contribution in [0, 0.1) is 5.92 Å². The maximum absolute atomic E-state index is 12.3. The van der Waals surface area contributed by atoms with Gasteiger partial charge in [-0.25, -0.2) is 9.59 Å². The van der Waals surface area contributed by atoms with Crippen molar-refractivity contribution < 1.29 is 14.7 Å². The van der Waals surface area contributed by atoms with Gasteiger partial charge in [0.15, 0.2) is 0 Å². The van der Waals surface area contributed by atoms with Crippen molar-refractivity contribution in [3.8, 4) is 0 Å². The van der Waals surface area contributed by atoms with Crippen LogP contribution in [0.3, 0.4) is 0 Å². The second-order valence-corrected chi connectivity index (χ2v) is 6.03. The van der Waals surface area contributed by atoms with E-state index in [1.807, 2.05) is 13.8 Å². The number of carbonyl (C=O) groups is 2. The molecule has 0 radical (unpaired) electrons. The average Bonchev–Trinajstić information content (AvgIpc) is 3.21. The lowest BCUT2D eigenvalue weighted by Crippen LogP contribution is -2.41. The SMILES string of the molecule is CC(C)N(CC1CC1)C(=O)Nc1ccc(C(=O)O)cc1Cl. The summed E-state index contributed by atoms with van der Waals surface area (Å²) in [6, 6.07) is 4.16.